The molecular formula is C26H31F3N4O2S2. The lowest BCUT2D eigenvalue weighted by Gasteiger charge is -2.30. The van der Waals surface area contributed by atoms with E-state index in [1.54, 1.807) is 11.3 Å². The number of aryl methyl sites for hydroxylation is 1. The number of hydrogen-bond donors (Lipinski definition) is 1. The van der Waals surface area contributed by atoms with Gasteiger partial charge in [0, 0.05) is 36.0 Å². The van der Waals surface area contributed by atoms with Gasteiger partial charge in [-0.1, -0.05) is 11.3 Å². The molecule has 2 aromatic heterocycles. The minimum atomic E-state index is -4.35. The first-order chi connectivity index (χ1) is 17.7. The maximum absolute atomic E-state index is 12.8. The van der Waals surface area contributed by atoms with Crippen LogP contribution in [0.3, 0.4) is 0 Å². The van der Waals surface area contributed by atoms with Crippen molar-refractivity contribution in [1.82, 2.24) is 20.2 Å². The molecule has 0 bridgehead atoms. The van der Waals surface area contributed by atoms with Gasteiger partial charge >= 0.3 is 6.18 Å². The molecule has 6 nitrogen and oxygen atoms in total. The Bertz CT molecular complexity index is 1210. The van der Waals surface area contributed by atoms with Gasteiger partial charge in [0.15, 0.2) is 6.61 Å². The van der Waals surface area contributed by atoms with Crippen LogP contribution in [0.25, 0.3) is 10.2 Å². The molecule has 11 heteroatoms. The lowest BCUT2D eigenvalue weighted by atomic mass is 9.84. The summed E-state index contributed by atoms with van der Waals surface area (Å²) in [6, 6.07) is 5.95. The SMILES string of the molecule is Cc1nc2cc(C(=O)NC3CCC(CCN4CCc5nc(OCC(F)(F)F)sc5CC4)CC3)ccc2s1. The molecule has 0 unspecified atom stereocenters. The summed E-state index contributed by atoms with van der Waals surface area (Å²) in [7, 11) is 0. The van der Waals surface area contributed by atoms with Crippen molar-refractivity contribution in [2.45, 2.75) is 64.1 Å². The van der Waals surface area contributed by atoms with E-state index in [-0.39, 0.29) is 17.1 Å². The fraction of sp³-hybridized carbons (Fsp3) is 0.577. The van der Waals surface area contributed by atoms with Crippen molar-refractivity contribution < 1.29 is 22.7 Å². The van der Waals surface area contributed by atoms with Gasteiger partial charge in [0.2, 0.25) is 0 Å². The van der Waals surface area contributed by atoms with E-state index in [0.29, 0.717) is 11.5 Å². The van der Waals surface area contributed by atoms with Gasteiger partial charge in [-0.05, 0) is 76.1 Å². The molecule has 0 radical (unpaired) electrons. The van der Waals surface area contributed by atoms with Crippen LogP contribution in [0.2, 0.25) is 0 Å². The maximum Gasteiger partial charge on any atom is 0.422 e. The Labute approximate surface area is 222 Å². The number of aromatic nitrogens is 2. The third kappa shape index (κ3) is 7.00. The summed E-state index contributed by atoms with van der Waals surface area (Å²) in [5.41, 5.74) is 2.43. The van der Waals surface area contributed by atoms with Gasteiger partial charge < -0.3 is 15.0 Å². The molecule has 0 atom stereocenters. The predicted molar refractivity (Wildman–Crippen MR) is 140 cm³/mol. The van der Waals surface area contributed by atoms with Crippen molar-refractivity contribution in [2.75, 3.05) is 26.2 Å². The number of amides is 1. The number of carbonyl (C=O) groups is 1. The zero-order valence-corrected chi connectivity index (χ0v) is 22.4. The molecular weight excluding hydrogens is 521 g/mol. The van der Waals surface area contributed by atoms with Gasteiger partial charge in [0.25, 0.3) is 11.1 Å². The van der Waals surface area contributed by atoms with Crippen LogP contribution in [0.5, 0.6) is 5.19 Å². The molecule has 1 saturated carbocycles. The molecule has 5 rings (SSSR count). The lowest BCUT2D eigenvalue weighted by Crippen LogP contribution is -2.38. The Morgan fingerprint density at radius 2 is 1.92 bits per heavy atom. The monoisotopic (exact) mass is 552 g/mol. The molecule has 3 aromatic rings. The van der Waals surface area contributed by atoms with Crippen LogP contribution in [0.4, 0.5) is 13.2 Å². The van der Waals surface area contributed by atoms with E-state index in [4.69, 9.17) is 4.74 Å². The lowest BCUT2D eigenvalue weighted by molar-refractivity contribution is -0.153. The molecule has 1 fully saturated rings. The van der Waals surface area contributed by atoms with Crippen LogP contribution >= 0.6 is 22.7 Å². The summed E-state index contributed by atoms with van der Waals surface area (Å²) in [5, 5.41) is 4.34. The summed E-state index contributed by atoms with van der Waals surface area (Å²) >= 11 is 2.88. The van der Waals surface area contributed by atoms with Crippen LogP contribution in [0.15, 0.2) is 18.2 Å². The summed E-state index contributed by atoms with van der Waals surface area (Å²) in [5.74, 6) is 0.633. The first kappa shape index (κ1) is 26.4. The third-order valence-corrected chi connectivity index (χ3v) is 9.25. The van der Waals surface area contributed by atoms with Crippen molar-refractivity contribution in [2.24, 2.45) is 5.92 Å². The molecule has 200 valence electrons. The fourth-order valence-electron chi connectivity index (χ4n) is 5.23. The maximum atomic E-state index is 12.8. The number of nitrogens with zero attached hydrogens (tertiary/aromatic N) is 3. The standard InChI is InChI=1S/C26H31F3N4O2S2/c1-16-30-21-14-18(4-7-22(21)36-16)24(34)31-19-5-2-17(3-6-19)8-11-33-12-9-20-23(10-13-33)37-25(32-20)35-15-26(27,28)29/h4,7,14,17,19H,2-3,5-6,8-13,15H2,1H3,(H,31,34). The number of carbonyl (C=O) groups excluding carboxylic acids is 1. The number of rotatable bonds is 7. The van der Waals surface area contributed by atoms with E-state index in [9.17, 15) is 18.0 Å². The normalized spacial score (nSPS) is 21.0. The van der Waals surface area contributed by atoms with Crippen molar-refractivity contribution >= 4 is 38.8 Å². The Hall–Kier alpha value is -2.24. The molecule has 1 amide bonds. The van der Waals surface area contributed by atoms with E-state index < -0.39 is 12.8 Å². The fourth-order valence-corrected chi connectivity index (χ4v) is 6.98. The van der Waals surface area contributed by atoms with Crippen LogP contribution in [-0.2, 0) is 12.8 Å². The zero-order chi connectivity index (χ0) is 26.0. The molecule has 0 spiro atoms. The van der Waals surface area contributed by atoms with Crippen LogP contribution < -0.4 is 10.1 Å². The average Bonchev–Trinajstić information content (AvgIpc) is 3.38. The highest BCUT2D eigenvalue weighted by Gasteiger charge is 2.30. The van der Waals surface area contributed by atoms with E-state index in [1.165, 1.54) is 11.3 Å². The number of halogens is 3. The number of thiazole rings is 2. The summed E-state index contributed by atoms with van der Waals surface area (Å²) in [6.45, 7) is 3.45. The third-order valence-electron chi connectivity index (χ3n) is 7.23. The van der Waals surface area contributed by atoms with Gasteiger partial charge in [-0.25, -0.2) is 9.97 Å². The number of nitrogens with one attached hydrogen (secondary N) is 1. The molecule has 37 heavy (non-hydrogen) atoms. The summed E-state index contributed by atoms with van der Waals surface area (Å²) in [6.07, 6.45) is 2.53. The number of alkyl halides is 3. The zero-order valence-electron chi connectivity index (χ0n) is 20.8. The molecule has 1 N–H and O–H groups in total. The van der Waals surface area contributed by atoms with E-state index >= 15 is 0 Å². The van der Waals surface area contributed by atoms with E-state index in [1.807, 2.05) is 25.1 Å². The van der Waals surface area contributed by atoms with E-state index in [2.05, 4.69) is 20.2 Å². The second kappa shape index (κ2) is 11.2. The average molecular weight is 553 g/mol. The Morgan fingerprint density at radius 3 is 2.70 bits per heavy atom. The highest BCUT2D eigenvalue weighted by Crippen LogP contribution is 2.31. The number of hydrogen-bond acceptors (Lipinski definition) is 7. The van der Waals surface area contributed by atoms with Crippen LogP contribution in [-0.4, -0.2) is 59.2 Å². The second-order valence-corrected chi connectivity index (χ2v) is 12.3. The molecule has 3 heterocycles. The van der Waals surface area contributed by atoms with Crippen molar-refractivity contribution in [3.63, 3.8) is 0 Å². The van der Waals surface area contributed by atoms with Gasteiger partial charge in [-0.3, -0.25) is 4.79 Å². The smallest absolute Gasteiger partial charge is 0.422 e. The molecule has 2 aliphatic rings. The second-order valence-electron chi connectivity index (χ2n) is 9.99. The minimum absolute atomic E-state index is 0.0198. The van der Waals surface area contributed by atoms with E-state index in [0.717, 1.165) is 90.4 Å². The molecule has 1 aromatic carbocycles. The Balaban J connectivity index is 1.03. The van der Waals surface area contributed by atoms with Crippen molar-refractivity contribution in [3.05, 3.63) is 39.3 Å². The number of benzene rings is 1. The van der Waals surface area contributed by atoms with Crippen LogP contribution in [0, 0.1) is 12.8 Å². The minimum Gasteiger partial charge on any atom is -0.460 e. The summed E-state index contributed by atoms with van der Waals surface area (Å²) < 4.78 is 43.1. The Kier molecular flexibility index (Phi) is 8.02. The predicted octanol–water partition coefficient (Wildman–Crippen LogP) is 5.78. The van der Waals surface area contributed by atoms with Gasteiger partial charge in [0.05, 0.1) is 20.9 Å². The quantitative estimate of drug-likeness (QED) is 0.402. The Morgan fingerprint density at radius 1 is 1.14 bits per heavy atom. The van der Waals surface area contributed by atoms with Gasteiger partial charge in [-0.15, -0.1) is 11.3 Å². The van der Waals surface area contributed by atoms with Crippen LogP contribution in [0.1, 0.15) is 58.0 Å². The molecule has 1 aliphatic carbocycles. The first-order valence-electron chi connectivity index (χ1n) is 12.8. The highest BCUT2D eigenvalue weighted by atomic mass is 32.1. The largest absolute Gasteiger partial charge is 0.460 e. The number of ether oxygens (including phenoxy) is 1. The van der Waals surface area contributed by atoms with Gasteiger partial charge in [-0.2, -0.15) is 13.2 Å². The van der Waals surface area contributed by atoms with Crippen molar-refractivity contribution in [1.29, 1.82) is 0 Å². The van der Waals surface area contributed by atoms with Gasteiger partial charge in [0.1, 0.15) is 0 Å². The topological polar surface area (TPSA) is 67.4 Å². The highest BCUT2D eigenvalue weighted by molar-refractivity contribution is 7.18. The van der Waals surface area contributed by atoms with Crippen molar-refractivity contribution in [3.8, 4) is 5.19 Å². The number of fused-ring (bicyclic) bond motifs is 2. The summed E-state index contributed by atoms with van der Waals surface area (Å²) in [4.78, 5) is 25.1. The molecule has 1 aliphatic heterocycles. The molecule has 0 saturated heterocycles. The first-order valence-corrected chi connectivity index (χ1v) is 14.4.